The first kappa shape index (κ1) is 25.1. The molecule has 1 aliphatic rings. The normalized spacial score (nSPS) is 14.1. The minimum Gasteiger partial charge on any atom is -0.507 e. The first-order valence-electron chi connectivity index (χ1n) is 12.5. The number of fused-ring (bicyclic) bond motifs is 1. The van der Waals surface area contributed by atoms with E-state index in [2.05, 4.69) is 46.9 Å². The SMILES string of the molecule is COc1cccc(/C(O)=C/c2nc3ccc(C(=O)N4CCN(c5cccc(C)c5C)CC4)cc3[nH]c2=O)c1. The summed E-state index contributed by atoms with van der Waals surface area (Å²) in [7, 11) is 1.54. The number of aromatic nitrogens is 2. The Morgan fingerprint density at radius 2 is 1.76 bits per heavy atom. The van der Waals surface area contributed by atoms with E-state index in [1.807, 2.05) is 4.90 Å². The van der Waals surface area contributed by atoms with Crippen LogP contribution in [0.2, 0.25) is 0 Å². The van der Waals surface area contributed by atoms with Crippen LogP contribution in [0.5, 0.6) is 5.75 Å². The number of rotatable bonds is 5. The van der Waals surface area contributed by atoms with Gasteiger partial charge in [-0.3, -0.25) is 9.59 Å². The Morgan fingerprint density at radius 1 is 1.00 bits per heavy atom. The van der Waals surface area contributed by atoms with Crippen LogP contribution >= 0.6 is 0 Å². The zero-order valence-corrected chi connectivity index (χ0v) is 21.7. The largest absolute Gasteiger partial charge is 0.507 e. The van der Waals surface area contributed by atoms with Crippen molar-refractivity contribution in [1.82, 2.24) is 14.9 Å². The molecule has 0 spiro atoms. The third-order valence-corrected chi connectivity index (χ3v) is 7.09. The second-order valence-corrected chi connectivity index (χ2v) is 9.44. The lowest BCUT2D eigenvalue weighted by Crippen LogP contribution is -2.49. The molecule has 2 heterocycles. The highest BCUT2D eigenvalue weighted by molar-refractivity contribution is 5.97. The van der Waals surface area contributed by atoms with Crippen molar-refractivity contribution in [2.75, 3.05) is 38.2 Å². The van der Waals surface area contributed by atoms with Gasteiger partial charge in [0, 0.05) is 49.1 Å². The molecule has 1 aliphatic heterocycles. The van der Waals surface area contributed by atoms with Crippen molar-refractivity contribution in [2.45, 2.75) is 13.8 Å². The van der Waals surface area contributed by atoms with Crippen LogP contribution in [0.25, 0.3) is 22.9 Å². The Balaban J connectivity index is 1.33. The van der Waals surface area contributed by atoms with Crippen molar-refractivity contribution in [3.8, 4) is 5.75 Å². The highest BCUT2D eigenvalue weighted by atomic mass is 16.5. The van der Waals surface area contributed by atoms with Crippen molar-refractivity contribution in [3.05, 3.63) is 99.0 Å². The molecule has 0 atom stereocenters. The molecule has 0 bridgehead atoms. The summed E-state index contributed by atoms with van der Waals surface area (Å²) in [5, 5.41) is 10.5. The van der Waals surface area contributed by atoms with Gasteiger partial charge in [0.25, 0.3) is 11.5 Å². The summed E-state index contributed by atoms with van der Waals surface area (Å²) in [5.41, 5.74) is 5.34. The number of nitrogens with zero attached hydrogens (tertiary/aromatic N) is 3. The van der Waals surface area contributed by atoms with E-state index >= 15 is 0 Å². The molecule has 1 aromatic heterocycles. The van der Waals surface area contributed by atoms with E-state index in [0.29, 0.717) is 41.0 Å². The number of aliphatic hydroxyl groups excluding tert-OH is 1. The third-order valence-electron chi connectivity index (χ3n) is 7.09. The summed E-state index contributed by atoms with van der Waals surface area (Å²) < 4.78 is 5.19. The average molecular weight is 511 g/mol. The first-order chi connectivity index (χ1) is 18.3. The van der Waals surface area contributed by atoms with Crippen LogP contribution in [0.1, 0.15) is 32.7 Å². The van der Waals surface area contributed by atoms with Gasteiger partial charge in [-0.15, -0.1) is 0 Å². The van der Waals surface area contributed by atoms with Gasteiger partial charge in [-0.05, 0) is 61.4 Å². The molecule has 2 N–H and O–H groups in total. The second kappa shape index (κ2) is 10.4. The number of benzene rings is 3. The molecule has 1 saturated heterocycles. The maximum absolute atomic E-state index is 13.3. The van der Waals surface area contributed by atoms with Crippen molar-refractivity contribution in [2.24, 2.45) is 0 Å². The maximum atomic E-state index is 13.3. The van der Waals surface area contributed by atoms with Gasteiger partial charge >= 0.3 is 0 Å². The Kier molecular flexibility index (Phi) is 6.87. The number of hydrogen-bond donors (Lipinski definition) is 2. The maximum Gasteiger partial charge on any atom is 0.274 e. The van der Waals surface area contributed by atoms with Crippen molar-refractivity contribution < 1.29 is 14.6 Å². The zero-order valence-electron chi connectivity index (χ0n) is 21.7. The highest BCUT2D eigenvalue weighted by Crippen LogP contribution is 2.25. The van der Waals surface area contributed by atoms with Gasteiger partial charge in [0.2, 0.25) is 0 Å². The van der Waals surface area contributed by atoms with E-state index in [1.165, 1.54) is 22.9 Å². The predicted octanol–water partition coefficient (Wildman–Crippen LogP) is 4.57. The Morgan fingerprint density at radius 3 is 2.53 bits per heavy atom. The summed E-state index contributed by atoms with van der Waals surface area (Å²) in [6, 6.07) is 18.3. The van der Waals surface area contributed by atoms with Gasteiger partial charge in [0.15, 0.2) is 0 Å². The van der Waals surface area contributed by atoms with E-state index < -0.39 is 5.56 Å². The molecule has 0 radical (unpaired) electrons. The minimum absolute atomic E-state index is 0.0689. The highest BCUT2D eigenvalue weighted by Gasteiger charge is 2.23. The summed E-state index contributed by atoms with van der Waals surface area (Å²) in [5.74, 6) is 0.410. The number of ether oxygens (including phenoxy) is 1. The summed E-state index contributed by atoms with van der Waals surface area (Å²) >= 11 is 0. The lowest BCUT2D eigenvalue weighted by molar-refractivity contribution is 0.0747. The monoisotopic (exact) mass is 510 g/mol. The van der Waals surface area contributed by atoms with Crippen LogP contribution in [0, 0.1) is 13.8 Å². The van der Waals surface area contributed by atoms with Crippen LogP contribution in [0.4, 0.5) is 5.69 Å². The van der Waals surface area contributed by atoms with Gasteiger partial charge in [0.1, 0.15) is 17.2 Å². The van der Waals surface area contributed by atoms with Gasteiger partial charge in [-0.2, -0.15) is 0 Å². The van der Waals surface area contributed by atoms with Crippen LogP contribution in [-0.4, -0.2) is 59.2 Å². The molecule has 1 fully saturated rings. The number of carbonyl (C=O) groups excluding carboxylic acids is 1. The van der Waals surface area contributed by atoms with Crippen molar-refractivity contribution in [3.63, 3.8) is 0 Å². The van der Waals surface area contributed by atoms with E-state index in [-0.39, 0.29) is 17.4 Å². The standard InChI is InChI=1S/C30H30N4O4/c1-19-6-4-9-27(20(19)2)33-12-14-34(15-13-33)30(37)22-10-11-24-25(17-22)32-29(36)26(31-24)18-28(35)21-7-5-8-23(16-21)38-3/h4-11,16-18,35H,12-15H2,1-3H3,(H,32,36)/b28-18-. The van der Waals surface area contributed by atoms with E-state index in [4.69, 9.17) is 4.74 Å². The Bertz CT molecular complexity index is 1600. The molecule has 8 nitrogen and oxygen atoms in total. The number of nitrogens with one attached hydrogen (secondary N) is 1. The van der Waals surface area contributed by atoms with Gasteiger partial charge in [-0.25, -0.2) is 4.98 Å². The molecule has 194 valence electrons. The quantitative estimate of drug-likeness (QED) is 0.382. The molecule has 5 rings (SSSR count). The number of methoxy groups -OCH3 is 1. The van der Waals surface area contributed by atoms with Crippen LogP contribution in [0.3, 0.4) is 0 Å². The predicted molar refractivity (Wildman–Crippen MR) is 150 cm³/mol. The number of aromatic amines is 1. The Hall–Kier alpha value is -4.59. The summed E-state index contributed by atoms with van der Waals surface area (Å²) in [4.78, 5) is 37.4. The fourth-order valence-electron chi connectivity index (χ4n) is 4.74. The number of aliphatic hydroxyl groups is 1. The molecule has 4 aromatic rings. The molecule has 3 aromatic carbocycles. The molecule has 1 amide bonds. The summed E-state index contributed by atoms with van der Waals surface area (Å²) in [6.07, 6.45) is 1.32. The van der Waals surface area contributed by atoms with Crippen LogP contribution < -0.4 is 15.2 Å². The van der Waals surface area contributed by atoms with Gasteiger partial charge in [-0.1, -0.05) is 24.3 Å². The first-order valence-corrected chi connectivity index (χ1v) is 12.5. The molecule has 38 heavy (non-hydrogen) atoms. The fourth-order valence-corrected chi connectivity index (χ4v) is 4.74. The number of anilines is 1. The number of aryl methyl sites for hydroxylation is 1. The smallest absolute Gasteiger partial charge is 0.274 e. The lowest BCUT2D eigenvalue weighted by atomic mass is 10.1. The average Bonchev–Trinajstić information content (AvgIpc) is 2.94. The number of carbonyl (C=O) groups is 1. The molecule has 8 heteroatoms. The van der Waals surface area contributed by atoms with Crippen LogP contribution in [-0.2, 0) is 0 Å². The minimum atomic E-state index is -0.460. The molecular formula is C30H30N4O4. The zero-order chi connectivity index (χ0) is 26.8. The van der Waals surface area contributed by atoms with Crippen LogP contribution in [0.15, 0.2) is 65.5 Å². The fraction of sp³-hybridized carbons (Fsp3) is 0.233. The van der Waals surface area contributed by atoms with E-state index in [0.717, 1.165) is 13.1 Å². The van der Waals surface area contributed by atoms with Crippen molar-refractivity contribution in [1.29, 1.82) is 0 Å². The number of amides is 1. The van der Waals surface area contributed by atoms with E-state index in [9.17, 15) is 14.7 Å². The van der Waals surface area contributed by atoms with Gasteiger partial charge in [0.05, 0.1) is 18.1 Å². The third kappa shape index (κ3) is 4.98. The van der Waals surface area contributed by atoms with Crippen molar-refractivity contribution >= 4 is 34.5 Å². The van der Waals surface area contributed by atoms with E-state index in [1.54, 1.807) is 49.6 Å². The topological polar surface area (TPSA) is 98.8 Å². The number of piperazine rings is 1. The Labute approximate surface area is 220 Å². The second-order valence-electron chi connectivity index (χ2n) is 9.44. The molecular weight excluding hydrogens is 480 g/mol. The van der Waals surface area contributed by atoms with Gasteiger partial charge < -0.3 is 24.6 Å². The molecule has 0 unspecified atom stereocenters. The lowest BCUT2D eigenvalue weighted by Gasteiger charge is -2.37. The number of hydrogen-bond acceptors (Lipinski definition) is 6. The molecule has 0 aliphatic carbocycles. The summed E-state index contributed by atoms with van der Waals surface area (Å²) in [6.45, 7) is 7.00. The molecule has 0 saturated carbocycles. The number of H-pyrrole nitrogens is 1.